The summed E-state index contributed by atoms with van der Waals surface area (Å²) < 4.78 is 10.2. The molecule has 0 spiro atoms. The van der Waals surface area contributed by atoms with Crippen molar-refractivity contribution < 1.29 is 9.47 Å². The summed E-state index contributed by atoms with van der Waals surface area (Å²) in [6.45, 7) is 0.985. The van der Waals surface area contributed by atoms with Crippen molar-refractivity contribution in [3.05, 3.63) is 46.9 Å². The summed E-state index contributed by atoms with van der Waals surface area (Å²) in [6, 6.07) is 9.71. The Labute approximate surface area is 129 Å². The summed E-state index contributed by atoms with van der Waals surface area (Å²) in [5.41, 5.74) is 2.13. The number of halogens is 1. The minimum atomic E-state index is 0.320. The van der Waals surface area contributed by atoms with Crippen LogP contribution in [0.3, 0.4) is 0 Å². The topological polar surface area (TPSA) is 56.3 Å². The number of anilines is 2. The molecule has 2 rings (SSSR count). The first-order valence-corrected chi connectivity index (χ1v) is 6.97. The molecule has 0 bridgehead atoms. The second-order valence-electron chi connectivity index (χ2n) is 4.45. The molecule has 0 fully saturated rings. The zero-order valence-corrected chi connectivity index (χ0v) is 12.9. The Morgan fingerprint density at radius 1 is 1.14 bits per heavy atom. The minimum absolute atomic E-state index is 0.320. The highest BCUT2D eigenvalue weighted by Gasteiger charge is 2.06. The number of hydrogen-bond acceptors (Lipinski definition) is 5. The molecule has 0 saturated heterocycles. The molecule has 0 amide bonds. The van der Waals surface area contributed by atoms with Gasteiger partial charge in [0, 0.05) is 26.0 Å². The Kier molecular flexibility index (Phi) is 5.92. The molecule has 1 N–H and O–H groups in total. The molecule has 6 heteroatoms. The fraction of sp³-hybridized carbons (Fsp3) is 0.333. The molecule has 5 nitrogen and oxygen atoms in total. The Morgan fingerprint density at radius 2 is 1.95 bits per heavy atom. The molecular formula is C15H18ClN3O2. The molecule has 112 valence electrons. The maximum Gasteiger partial charge on any atom is 0.158 e. The molecule has 21 heavy (non-hydrogen) atoms. The van der Waals surface area contributed by atoms with Crippen LogP contribution in [0.5, 0.6) is 0 Å². The molecule has 1 aromatic heterocycles. The Morgan fingerprint density at radius 3 is 2.71 bits per heavy atom. The van der Waals surface area contributed by atoms with E-state index in [2.05, 4.69) is 21.4 Å². The second-order valence-corrected chi connectivity index (χ2v) is 4.84. The molecule has 0 aliphatic rings. The van der Waals surface area contributed by atoms with E-state index >= 15 is 0 Å². The first-order chi connectivity index (χ1) is 10.2. The van der Waals surface area contributed by atoms with Gasteiger partial charge in [-0.3, -0.25) is 0 Å². The molecule has 0 unspecified atom stereocenters. The monoisotopic (exact) mass is 307 g/mol. The third-order valence-electron chi connectivity index (χ3n) is 2.87. The van der Waals surface area contributed by atoms with E-state index in [1.807, 2.05) is 18.2 Å². The van der Waals surface area contributed by atoms with Gasteiger partial charge in [-0.1, -0.05) is 29.8 Å². The molecule has 0 aliphatic heterocycles. The summed E-state index contributed by atoms with van der Waals surface area (Å²) in [7, 11) is 3.29. The van der Waals surface area contributed by atoms with E-state index in [1.165, 1.54) is 0 Å². The van der Waals surface area contributed by atoms with Gasteiger partial charge in [-0.15, -0.1) is 0 Å². The summed E-state index contributed by atoms with van der Waals surface area (Å²) >= 11 is 6.01. The normalized spacial score (nSPS) is 10.6. The first-order valence-electron chi connectivity index (χ1n) is 6.59. The van der Waals surface area contributed by atoms with Crippen LogP contribution >= 0.6 is 11.6 Å². The molecule has 1 heterocycles. The lowest BCUT2D eigenvalue weighted by molar-refractivity contribution is 0.178. The van der Waals surface area contributed by atoms with E-state index in [1.54, 1.807) is 20.3 Å². The highest BCUT2D eigenvalue weighted by atomic mass is 35.5. The van der Waals surface area contributed by atoms with Crippen LogP contribution in [-0.4, -0.2) is 30.8 Å². The van der Waals surface area contributed by atoms with Crippen molar-refractivity contribution in [1.82, 2.24) is 9.97 Å². The SMILES string of the molecule is COCCc1ccccc1Nc1cc(Cl)nc(COC)n1. The molecule has 0 radical (unpaired) electrons. The van der Waals surface area contributed by atoms with Crippen LogP contribution in [0.2, 0.25) is 5.15 Å². The summed E-state index contributed by atoms with van der Waals surface area (Å²) in [6.07, 6.45) is 0.823. The number of rotatable bonds is 7. The molecule has 0 atom stereocenters. The number of nitrogens with one attached hydrogen (secondary N) is 1. The average molecular weight is 308 g/mol. The van der Waals surface area contributed by atoms with Gasteiger partial charge in [-0.2, -0.15) is 0 Å². The first kappa shape index (κ1) is 15.7. The Hall–Kier alpha value is -1.69. The van der Waals surface area contributed by atoms with Crippen molar-refractivity contribution in [2.24, 2.45) is 0 Å². The average Bonchev–Trinajstić information content (AvgIpc) is 2.46. The molecule has 0 aliphatic carbocycles. The quantitative estimate of drug-likeness (QED) is 0.796. The van der Waals surface area contributed by atoms with Gasteiger partial charge in [0.2, 0.25) is 0 Å². The van der Waals surface area contributed by atoms with Crippen molar-refractivity contribution in [2.45, 2.75) is 13.0 Å². The lowest BCUT2D eigenvalue weighted by Crippen LogP contribution is -2.04. The van der Waals surface area contributed by atoms with Crippen LogP contribution in [0.4, 0.5) is 11.5 Å². The van der Waals surface area contributed by atoms with Gasteiger partial charge in [-0.05, 0) is 18.1 Å². The number of nitrogens with zero attached hydrogens (tertiary/aromatic N) is 2. The summed E-state index contributed by atoms with van der Waals surface area (Å²) in [5, 5.41) is 3.66. The predicted octanol–water partition coefficient (Wildman–Crippen LogP) is 3.21. The number of hydrogen-bond donors (Lipinski definition) is 1. The largest absolute Gasteiger partial charge is 0.384 e. The lowest BCUT2D eigenvalue weighted by atomic mass is 10.1. The van der Waals surface area contributed by atoms with E-state index < -0.39 is 0 Å². The van der Waals surface area contributed by atoms with Gasteiger partial charge in [0.15, 0.2) is 5.82 Å². The highest BCUT2D eigenvalue weighted by molar-refractivity contribution is 6.29. The maximum absolute atomic E-state index is 6.01. The Balaban J connectivity index is 2.21. The second kappa shape index (κ2) is 7.93. The number of benzene rings is 1. The molecular weight excluding hydrogens is 290 g/mol. The fourth-order valence-corrected chi connectivity index (χ4v) is 2.13. The van der Waals surface area contributed by atoms with Crippen LogP contribution in [0.15, 0.2) is 30.3 Å². The van der Waals surface area contributed by atoms with Gasteiger partial charge in [0.1, 0.15) is 17.6 Å². The van der Waals surface area contributed by atoms with Gasteiger partial charge < -0.3 is 14.8 Å². The molecule has 2 aromatic rings. The maximum atomic E-state index is 6.01. The van der Waals surface area contributed by atoms with Crippen LogP contribution in [0, 0.1) is 0 Å². The lowest BCUT2D eigenvalue weighted by Gasteiger charge is -2.12. The van der Waals surface area contributed by atoms with E-state index in [0.717, 1.165) is 17.7 Å². The van der Waals surface area contributed by atoms with Crippen molar-refractivity contribution in [3.63, 3.8) is 0 Å². The summed E-state index contributed by atoms with van der Waals surface area (Å²) in [5.74, 6) is 1.19. The fourth-order valence-electron chi connectivity index (χ4n) is 1.93. The van der Waals surface area contributed by atoms with Crippen molar-refractivity contribution in [1.29, 1.82) is 0 Å². The number of ether oxygens (including phenoxy) is 2. The number of methoxy groups -OCH3 is 2. The highest BCUT2D eigenvalue weighted by Crippen LogP contribution is 2.22. The van der Waals surface area contributed by atoms with Crippen LogP contribution in [-0.2, 0) is 22.5 Å². The molecule has 0 saturated carbocycles. The number of aromatic nitrogens is 2. The van der Waals surface area contributed by atoms with Gasteiger partial charge in [0.25, 0.3) is 0 Å². The number of para-hydroxylation sites is 1. The van der Waals surface area contributed by atoms with Crippen LogP contribution in [0.1, 0.15) is 11.4 Å². The Bertz CT molecular complexity index is 593. The van der Waals surface area contributed by atoms with Crippen LogP contribution < -0.4 is 5.32 Å². The van der Waals surface area contributed by atoms with Crippen molar-refractivity contribution in [3.8, 4) is 0 Å². The standard InChI is InChI=1S/C15H18ClN3O2/c1-20-8-7-11-5-3-4-6-12(11)17-14-9-13(16)18-15(19-14)10-21-2/h3-6,9H,7-8,10H2,1-2H3,(H,17,18,19). The summed E-state index contributed by atoms with van der Waals surface area (Å²) in [4.78, 5) is 8.48. The zero-order valence-electron chi connectivity index (χ0n) is 12.1. The van der Waals surface area contributed by atoms with E-state index in [9.17, 15) is 0 Å². The van der Waals surface area contributed by atoms with Crippen molar-refractivity contribution in [2.75, 3.05) is 26.1 Å². The van der Waals surface area contributed by atoms with Crippen molar-refractivity contribution >= 4 is 23.1 Å². The zero-order chi connectivity index (χ0) is 15.1. The minimum Gasteiger partial charge on any atom is -0.384 e. The smallest absolute Gasteiger partial charge is 0.158 e. The molecule has 1 aromatic carbocycles. The van der Waals surface area contributed by atoms with Crippen LogP contribution in [0.25, 0.3) is 0 Å². The third-order valence-corrected chi connectivity index (χ3v) is 3.06. The van der Waals surface area contributed by atoms with E-state index in [0.29, 0.717) is 30.0 Å². The van der Waals surface area contributed by atoms with Gasteiger partial charge in [0.05, 0.1) is 6.61 Å². The third kappa shape index (κ3) is 4.67. The van der Waals surface area contributed by atoms with Gasteiger partial charge in [-0.25, -0.2) is 9.97 Å². The van der Waals surface area contributed by atoms with E-state index in [-0.39, 0.29) is 0 Å². The van der Waals surface area contributed by atoms with E-state index in [4.69, 9.17) is 21.1 Å². The predicted molar refractivity (Wildman–Crippen MR) is 83.1 cm³/mol. The van der Waals surface area contributed by atoms with Gasteiger partial charge >= 0.3 is 0 Å².